The van der Waals surface area contributed by atoms with E-state index in [0.29, 0.717) is 17.0 Å². The molecule has 0 saturated heterocycles. The summed E-state index contributed by atoms with van der Waals surface area (Å²) in [6.45, 7) is 5.75. The number of thiazole rings is 1. The van der Waals surface area contributed by atoms with E-state index in [4.69, 9.17) is 11.2 Å². The molecule has 0 aliphatic carbocycles. The smallest absolute Gasteiger partial charge is 0.350 e. The third-order valence-corrected chi connectivity index (χ3v) is 3.16. The van der Waals surface area contributed by atoms with E-state index in [1.807, 2.05) is 13.8 Å². The first kappa shape index (κ1) is 12.7. The number of ether oxygens (including phenoxy) is 1. The molecule has 0 aromatic carbocycles. The molecule has 4 heteroatoms. The highest BCUT2D eigenvalue weighted by atomic mass is 32.1. The van der Waals surface area contributed by atoms with E-state index in [2.05, 4.69) is 10.9 Å². The Morgan fingerprint density at radius 1 is 1.69 bits per heavy atom. The lowest BCUT2D eigenvalue weighted by Crippen LogP contribution is -2.23. The summed E-state index contributed by atoms with van der Waals surface area (Å²) >= 11 is 1.29. The summed E-state index contributed by atoms with van der Waals surface area (Å²) in [6, 6.07) is 0. The number of nitrogens with zero attached hydrogens (tertiary/aromatic N) is 1. The van der Waals surface area contributed by atoms with Gasteiger partial charge in [-0.1, -0.05) is 13.8 Å². The summed E-state index contributed by atoms with van der Waals surface area (Å²) < 4.78 is 5.37. The molecule has 0 fully saturated rings. The number of aryl methyl sites for hydroxylation is 1. The van der Waals surface area contributed by atoms with Crippen LogP contribution in [0.15, 0.2) is 5.51 Å². The van der Waals surface area contributed by atoms with Gasteiger partial charge in [-0.05, 0) is 12.8 Å². The normalized spacial score (nSPS) is 12.2. The third kappa shape index (κ3) is 3.07. The Morgan fingerprint density at radius 3 is 2.81 bits per heavy atom. The number of rotatable bonds is 4. The zero-order valence-electron chi connectivity index (χ0n) is 9.69. The Bertz CT molecular complexity index is 403. The van der Waals surface area contributed by atoms with Gasteiger partial charge in [-0.3, -0.25) is 0 Å². The van der Waals surface area contributed by atoms with E-state index in [9.17, 15) is 4.79 Å². The van der Waals surface area contributed by atoms with Crippen molar-refractivity contribution >= 4 is 17.3 Å². The second-order valence-corrected chi connectivity index (χ2v) is 4.72. The van der Waals surface area contributed by atoms with E-state index < -0.39 is 0 Å². The molecule has 16 heavy (non-hydrogen) atoms. The molecule has 1 rings (SSSR count). The Kier molecular flexibility index (Phi) is 4.51. The second kappa shape index (κ2) is 5.66. The minimum atomic E-state index is -0.325. The summed E-state index contributed by atoms with van der Waals surface area (Å²) in [6.07, 6.45) is 5.46. The number of esters is 1. The minimum Gasteiger partial charge on any atom is -0.457 e. The maximum atomic E-state index is 11.8. The number of carbonyl (C=O) groups excluding carboxylic acids is 1. The molecule has 3 nitrogen and oxygen atoms in total. The van der Waals surface area contributed by atoms with Gasteiger partial charge in [0.2, 0.25) is 0 Å². The zero-order chi connectivity index (χ0) is 12.1. The first-order chi connectivity index (χ1) is 7.56. The Labute approximate surface area is 99.9 Å². The first-order valence-electron chi connectivity index (χ1n) is 5.10. The number of hydrogen-bond donors (Lipinski definition) is 0. The lowest BCUT2D eigenvalue weighted by Gasteiger charge is -2.18. The van der Waals surface area contributed by atoms with Crippen LogP contribution in [0.5, 0.6) is 0 Å². The maximum absolute atomic E-state index is 11.8. The van der Waals surface area contributed by atoms with Gasteiger partial charge in [-0.25, -0.2) is 9.78 Å². The van der Waals surface area contributed by atoms with Crippen LogP contribution in [0.3, 0.4) is 0 Å². The lowest BCUT2D eigenvalue weighted by molar-refractivity contribution is 0.0204. The summed E-state index contributed by atoms with van der Waals surface area (Å²) in [7, 11) is 0. The molecule has 1 heterocycles. The molecule has 1 atom stereocenters. The summed E-state index contributed by atoms with van der Waals surface area (Å²) in [5.41, 5.74) is 2.34. The van der Waals surface area contributed by atoms with Crippen LogP contribution in [0.1, 0.15) is 35.6 Å². The number of hydrogen-bond acceptors (Lipinski definition) is 4. The van der Waals surface area contributed by atoms with Gasteiger partial charge in [0.25, 0.3) is 0 Å². The van der Waals surface area contributed by atoms with Crippen molar-refractivity contribution in [3.8, 4) is 12.3 Å². The lowest BCUT2D eigenvalue weighted by atomic mass is 10.0. The van der Waals surface area contributed by atoms with Crippen LogP contribution in [-0.4, -0.2) is 17.1 Å². The van der Waals surface area contributed by atoms with E-state index >= 15 is 0 Å². The van der Waals surface area contributed by atoms with Crippen LogP contribution in [-0.2, 0) is 4.74 Å². The first-order valence-corrected chi connectivity index (χ1v) is 5.98. The molecular weight excluding hydrogens is 222 g/mol. The predicted octanol–water partition coefficient (Wildman–Crippen LogP) is 2.66. The van der Waals surface area contributed by atoms with Crippen LogP contribution in [0, 0.1) is 25.2 Å². The van der Waals surface area contributed by atoms with Crippen LogP contribution < -0.4 is 0 Å². The molecule has 0 aliphatic rings. The molecule has 0 aliphatic heterocycles. The minimum absolute atomic E-state index is 0.216. The Balaban J connectivity index is 2.70. The molecule has 86 valence electrons. The highest BCUT2D eigenvalue weighted by molar-refractivity contribution is 7.11. The predicted molar refractivity (Wildman–Crippen MR) is 64.3 cm³/mol. The topological polar surface area (TPSA) is 39.2 Å². The quantitative estimate of drug-likeness (QED) is 0.597. The number of terminal acetylenes is 1. The molecule has 1 aromatic rings. The van der Waals surface area contributed by atoms with Crippen molar-refractivity contribution < 1.29 is 9.53 Å². The fourth-order valence-corrected chi connectivity index (χ4v) is 1.90. The summed E-state index contributed by atoms with van der Waals surface area (Å²) in [5, 5.41) is 0. The number of aromatic nitrogens is 1. The van der Waals surface area contributed by atoms with Crippen molar-refractivity contribution in [3.63, 3.8) is 0 Å². The second-order valence-electron chi connectivity index (χ2n) is 3.86. The molecule has 0 amide bonds. The van der Waals surface area contributed by atoms with E-state index in [-0.39, 0.29) is 18.0 Å². The molecule has 0 bridgehead atoms. The van der Waals surface area contributed by atoms with E-state index in [1.165, 1.54) is 11.3 Å². The van der Waals surface area contributed by atoms with Gasteiger partial charge in [0.15, 0.2) is 0 Å². The highest BCUT2D eigenvalue weighted by Gasteiger charge is 2.20. The summed E-state index contributed by atoms with van der Waals surface area (Å²) in [5.74, 6) is 2.42. The molecule has 0 unspecified atom stereocenters. The average molecular weight is 237 g/mol. The van der Waals surface area contributed by atoms with E-state index in [1.54, 1.807) is 12.4 Å². The SMILES string of the molecule is C#CC[C@H](OC(=O)c1scnc1C)C(C)C. The molecule has 0 radical (unpaired) electrons. The monoisotopic (exact) mass is 237 g/mol. The van der Waals surface area contributed by atoms with Gasteiger partial charge in [-0.2, -0.15) is 0 Å². The van der Waals surface area contributed by atoms with Gasteiger partial charge in [-0.15, -0.1) is 23.7 Å². The molecule has 0 N–H and O–H groups in total. The van der Waals surface area contributed by atoms with Crippen molar-refractivity contribution in [2.75, 3.05) is 0 Å². The Morgan fingerprint density at radius 2 is 2.38 bits per heavy atom. The van der Waals surface area contributed by atoms with Crippen LogP contribution in [0.4, 0.5) is 0 Å². The average Bonchev–Trinajstić information content (AvgIpc) is 2.63. The fraction of sp³-hybridized carbons (Fsp3) is 0.500. The standard InChI is InChI=1S/C12H15NO2S/c1-5-6-10(8(2)3)15-12(14)11-9(4)13-7-16-11/h1,7-8,10H,6H2,2-4H3/t10-/m0/s1. The van der Waals surface area contributed by atoms with Crippen LogP contribution in [0.2, 0.25) is 0 Å². The van der Waals surface area contributed by atoms with Crippen molar-refractivity contribution in [1.29, 1.82) is 0 Å². The third-order valence-electron chi connectivity index (χ3n) is 2.25. The van der Waals surface area contributed by atoms with Gasteiger partial charge in [0.05, 0.1) is 11.2 Å². The zero-order valence-corrected chi connectivity index (χ0v) is 10.5. The van der Waals surface area contributed by atoms with Gasteiger partial charge >= 0.3 is 5.97 Å². The van der Waals surface area contributed by atoms with Crippen molar-refractivity contribution in [2.24, 2.45) is 5.92 Å². The van der Waals surface area contributed by atoms with E-state index in [0.717, 1.165) is 0 Å². The van der Waals surface area contributed by atoms with Crippen molar-refractivity contribution in [2.45, 2.75) is 33.3 Å². The highest BCUT2D eigenvalue weighted by Crippen LogP contribution is 2.18. The number of carbonyl (C=O) groups is 1. The molecule has 1 aromatic heterocycles. The van der Waals surface area contributed by atoms with Crippen LogP contribution in [0.25, 0.3) is 0 Å². The molecular formula is C12H15NO2S. The Hall–Kier alpha value is -1.34. The molecule has 0 saturated carbocycles. The summed E-state index contributed by atoms with van der Waals surface area (Å²) in [4.78, 5) is 16.4. The van der Waals surface area contributed by atoms with Gasteiger partial charge < -0.3 is 4.74 Å². The maximum Gasteiger partial charge on any atom is 0.350 e. The van der Waals surface area contributed by atoms with Crippen molar-refractivity contribution in [1.82, 2.24) is 4.98 Å². The largest absolute Gasteiger partial charge is 0.457 e. The van der Waals surface area contributed by atoms with Gasteiger partial charge in [0, 0.05) is 6.42 Å². The molecule has 0 spiro atoms. The van der Waals surface area contributed by atoms with Gasteiger partial charge in [0.1, 0.15) is 11.0 Å². The van der Waals surface area contributed by atoms with Crippen molar-refractivity contribution in [3.05, 3.63) is 16.1 Å². The fourth-order valence-electron chi connectivity index (χ4n) is 1.22. The van der Waals surface area contributed by atoms with Crippen LogP contribution >= 0.6 is 11.3 Å².